The van der Waals surface area contributed by atoms with E-state index in [0.29, 0.717) is 0 Å². The van der Waals surface area contributed by atoms with Crippen molar-refractivity contribution < 1.29 is 13.2 Å². The van der Waals surface area contributed by atoms with Crippen LogP contribution in [0.5, 0.6) is 0 Å². The van der Waals surface area contributed by atoms with Crippen LogP contribution in [0.1, 0.15) is 17.2 Å². The Kier molecular flexibility index (Phi) is 5.33. The summed E-state index contributed by atoms with van der Waals surface area (Å²) in [5.41, 5.74) is 5.32. The highest BCUT2D eigenvalue weighted by Crippen LogP contribution is 2.40. The summed E-state index contributed by atoms with van der Waals surface area (Å²) in [4.78, 5) is 7.15. The molecule has 1 aromatic carbocycles. The van der Waals surface area contributed by atoms with Gasteiger partial charge in [-0.2, -0.15) is 13.2 Å². The third-order valence-corrected chi connectivity index (χ3v) is 3.36. The van der Waals surface area contributed by atoms with Crippen LogP contribution in [0.2, 0.25) is 10.0 Å². The van der Waals surface area contributed by atoms with Crippen LogP contribution >= 0.6 is 23.2 Å². The number of aliphatic imine (C=N–C) groups is 2. The standard InChI is InChI=1S/C12H10Cl2F3N3/c1-19-5-8(20-2)6-3-4-7(10(14)9(6)13)11(18)12(15,16)17/h3-5,11H,1-2,18H2/b8-5-. The van der Waals surface area contributed by atoms with Gasteiger partial charge in [0, 0.05) is 5.56 Å². The van der Waals surface area contributed by atoms with Crippen LogP contribution in [0.3, 0.4) is 0 Å². The van der Waals surface area contributed by atoms with Gasteiger partial charge in [-0.1, -0.05) is 35.3 Å². The number of nitrogens with zero attached hydrogens (tertiary/aromatic N) is 2. The Morgan fingerprint density at radius 2 is 1.85 bits per heavy atom. The topological polar surface area (TPSA) is 50.7 Å². The molecule has 0 heterocycles. The first-order valence-corrected chi connectivity index (χ1v) is 5.93. The Morgan fingerprint density at radius 1 is 1.25 bits per heavy atom. The second kappa shape index (κ2) is 6.39. The van der Waals surface area contributed by atoms with E-state index >= 15 is 0 Å². The Hall–Kier alpha value is -1.37. The molecule has 0 aromatic heterocycles. The van der Waals surface area contributed by atoms with Crippen molar-refractivity contribution in [3.63, 3.8) is 0 Å². The highest BCUT2D eigenvalue weighted by atomic mass is 35.5. The van der Waals surface area contributed by atoms with Gasteiger partial charge < -0.3 is 5.73 Å². The van der Waals surface area contributed by atoms with E-state index in [-0.39, 0.29) is 26.9 Å². The fraction of sp³-hybridized carbons (Fsp3) is 0.167. The monoisotopic (exact) mass is 323 g/mol. The predicted molar refractivity (Wildman–Crippen MR) is 76.5 cm³/mol. The summed E-state index contributed by atoms with van der Waals surface area (Å²) in [6.07, 6.45) is -3.36. The largest absolute Gasteiger partial charge is 0.407 e. The first kappa shape index (κ1) is 16.7. The van der Waals surface area contributed by atoms with Crippen molar-refractivity contribution in [1.29, 1.82) is 0 Å². The molecule has 1 unspecified atom stereocenters. The number of rotatable bonds is 4. The zero-order valence-electron chi connectivity index (χ0n) is 10.1. The zero-order chi connectivity index (χ0) is 15.5. The summed E-state index contributed by atoms with van der Waals surface area (Å²) in [6, 6.07) is 0.244. The fourth-order valence-corrected chi connectivity index (χ4v) is 2.01. The molecule has 1 atom stereocenters. The van der Waals surface area contributed by atoms with E-state index < -0.39 is 12.2 Å². The van der Waals surface area contributed by atoms with Crippen LogP contribution in [0.25, 0.3) is 5.70 Å². The Labute approximate surface area is 123 Å². The van der Waals surface area contributed by atoms with Gasteiger partial charge in [-0.15, -0.1) is 0 Å². The van der Waals surface area contributed by atoms with E-state index in [1.165, 1.54) is 12.3 Å². The summed E-state index contributed by atoms with van der Waals surface area (Å²) in [5.74, 6) is 0. The molecule has 0 aliphatic carbocycles. The predicted octanol–water partition coefficient (Wildman–Crippen LogP) is 4.26. The van der Waals surface area contributed by atoms with Crippen LogP contribution in [-0.2, 0) is 0 Å². The Morgan fingerprint density at radius 3 is 2.30 bits per heavy atom. The molecule has 0 fully saturated rings. The molecule has 108 valence electrons. The lowest BCUT2D eigenvalue weighted by atomic mass is 10.0. The molecule has 0 radical (unpaired) electrons. The van der Waals surface area contributed by atoms with Gasteiger partial charge >= 0.3 is 6.18 Å². The van der Waals surface area contributed by atoms with Crippen molar-refractivity contribution >= 4 is 42.3 Å². The maximum atomic E-state index is 12.6. The maximum Gasteiger partial charge on any atom is 0.407 e. The van der Waals surface area contributed by atoms with Gasteiger partial charge in [0.15, 0.2) is 0 Å². The van der Waals surface area contributed by atoms with Crippen LogP contribution in [0, 0.1) is 0 Å². The molecule has 1 aromatic rings. The first-order valence-electron chi connectivity index (χ1n) is 5.17. The van der Waals surface area contributed by atoms with E-state index in [0.717, 1.165) is 6.07 Å². The number of halogens is 5. The lowest BCUT2D eigenvalue weighted by Gasteiger charge is -2.18. The Balaban J connectivity index is 3.40. The van der Waals surface area contributed by atoms with E-state index in [1.807, 2.05) is 0 Å². The van der Waals surface area contributed by atoms with Gasteiger partial charge in [-0.25, -0.2) is 0 Å². The number of benzene rings is 1. The molecule has 0 bridgehead atoms. The molecular formula is C12H10Cl2F3N3. The van der Waals surface area contributed by atoms with Crippen molar-refractivity contribution in [2.45, 2.75) is 12.2 Å². The number of alkyl halides is 3. The van der Waals surface area contributed by atoms with Gasteiger partial charge in [-0.05, 0) is 19.0 Å². The third kappa shape index (κ3) is 3.39. The molecule has 0 amide bonds. The normalized spacial score (nSPS) is 14.0. The van der Waals surface area contributed by atoms with Crippen LogP contribution < -0.4 is 5.73 Å². The van der Waals surface area contributed by atoms with Crippen LogP contribution in [0.4, 0.5) is 13.2 Å². The first-order chi connectivity index (χ1) is 9.23. The summed E-state index contributed by atoms with van der Waals surface area (Å²) in [6.45, 7) is 6.56. The highest BCUT2D eigenvalue weighted by molar-refractivity contribution is 6.43. The van der Waals surface area contributed by atoms with E-state index in [1.54, 1.807) is 0 Å². The highest BCUT2D eigenvalue weighted by Gasteiger charge is 2.39. The minimum absolute atomic E-state index is 0.105. The molecular weight excluding hydrogens is 314 g/mol. The molecule has 0 saturated heterocycles. The van der Waals surface area contributed by atoms with Gasteiger partial charge in [0.2, 0.25) is 0 Å². The second-order valence-electron chi connectivity index (χ2n) is 3.70. The van der Waals surface area contributed by atoms with Crippen molar-refractivity contribution in [2.24, 2.45) is 15.7 Å². The molecule has 3 nitrogen and oxygen atoms in total. The summed E-state index contributed by atoms with van der Waals surface area (Å²) >= 11 is 11.8. The minimum atomic E-state index is -4.62. The zero-order valence-corrected chi connectivity index (χ0v) is 11.6. The lowest BCUT2D eigenvalue weighted by Crippen LogP contribution is -2.28. The van der Waals surface area contributed by atoms with Gasteiger partial charge in [0.1, 0.15) is 6.04 Å². The molecule has 0 spiro atoms. The van der Waals surface area contributed by atoms with Crippen molar-refractivity contribution in [2.75, 3.05) is 0 Å². The molecule has 1 rings (SSSR count). The minimum Gasteiger partial charge on any atom is -0.316 e. The van der Waals surface area contributed by atoms with E-state index in [9.17, 15) is 13.2 Å². The van der Waals surface area contributed by atoms with E-state index in [2.05, 4.69) is 23.4 Å². The third-order valence-electron chi connectivity index (χ3n) is 2.46. The molecule has 8 heteroatoms. The molecule has 20 heavy (non-hydrogen) atoms. The molecule has 0 aliphatic rings. The summed E-state index contributed by atoms with van der Waals surface area (Å²) in [5, 5.41) is -0.390. The summed E-state index contributed by atoms with van der Waals surface area (Å²) < 4.78 is 37.8. The quantitative estimate of drug-likeness (QED) is 0.827. The molecule has 2 N–H and O–H groups in total. The number of nitrogens with two attached hydrogens (primary N) is 1. The SMILES string of the molecule is C=N/C=C(\N=C)c1ccc(C(N)C(F)(F)F)c(Cl)c1Cl. The van der Waals surface area contributed by atoms with E-state index in [4.69, 9.17) is 28.9 Å². The van der Waals surface area contributed by atoms with Crippen LogP contribution in [-0.4, -0.2) is 19.6 Å². The second-order valence-corrected chi connectivity index (χ2v) is 4.46. The Bertz CT molecular complexity index is 568. The van der Waals surface area contributed by atoms with Gasteiger partial charge in [-0.3, -0.25) is 9.98 Å². The van der Waals surface area contributed by atoms with Gasteiger partial charge in [0.05, 0.1) is 21.9 Å². The average Bonchev–Trinajstić information content (AvgIpc) is 2.38. The summed E-state index contributed by atoms with van der Waals surface area (Å²) in [7, 11) is 0. The lowest BCUT2D eigenvalue weighted by molar-refractivity contribution is -0.149. The average molecular weight is 324 g/mol. The molecule has 0 aliphatic heterocycles. The maximum absolute atomic E-state index is 12.6. The smallest absolute Gasteiger partial charge is 0.316 e. The van der Waals surface area contributed by atoms with Gasteiger partial charge in [0.25, 0.3) is 0 Å². The number of hydrogen-bond acceptors (Lipinski definition) is 3. The van der Waals surface area contributed by atoms with Crippen molar-refractivity contribution in [1.82, 2.24) is 0 Å². The fourth-order valence-electron chi connectivity index (χ4n) is 1.46. The van der Waals surface area contributed by atoms with Crippen LogP contribution in [0.15, 0.2) is 28.3 Å². The number of hydrogen-bond donors (Lipinski definition) is 1. The van der Waals surface area contributed by atoms with Crippen molar-refractivity contribution in [3.8, 4) is 0 Å². The van der Waals surface area contributed by atoms with Crippen molar-refractivity contribution in [3.05, 3.63) is 39.5 Å². The molecule has 0 saturated carbocycles.